The molecule has 0 aliphatic rings. The van der Waals surface area contributed by atoms with Gasteiger partial charge in [0.2, 0.25) is 0 Å². The molecular formula is C16H12FN3O2. The summed E-state index contributed by atoms with van der Waals surface area (Å²) in [5.74, 6) is -0.830. The van der Waals surface area contributed by atoms with Gasteiger partial charge in [0.05, 0.1) is 0 Å². The Morgan fingerprint density at radius 3 is 2.45 bits per heavy atom. The molecule has 3 aromatic rings. The van der Waals surface area contributed by atoms with Crippen molar-refractivity contribution < 1.29 is 13.6 Å². The maximum absolute atomic E-state index is 12.8. The SMILES string of the molecule is Nc1ccc(-c2coc(NC(=O)c3ccc(F)cc3)n2)cc1. The van der Waals surface area contributed by atoms with E-state index in [9.17, 15) is 9.18 Å². The molecule has 0 spiro atoms. The summed E-state index contributed by atoms with van der Waals surface area (Å²) in [7, 11) is 0. The van der Waals surface area contributed by atoms with Gasteiger partial charge in [-0.15, -0.1) is 0 Å². The Labute approximate surface area is 125 Å². The number of oxazole rings is 1. The number of benzene rings is 2. The minimum absolute atomic E-state index is 0.0705. The first kappa shape index (κ1) is 13.8. The van der Waals surface area contributed by atoms with Gasteiger partial charge in [0, 0.05) is 16.8 Å². The summed E-state index contributed by atoms with van der Waals surface area (Å²) in [6.45, 7) is 0. The molecule has 22 heavy (non-hydrogen) atoms. The van der Waals surface area contributed by atoms with Crippen molar-refractivity contribution in [3.05, 3.63) is 66.2 Å². The molecule has 6 heteroatoms. The number of carbonyl (C=O) groups is 1. The van der Waals surface area contributed by atoms with Crippen LogP contribution in [0.3, 0.4) is 0 Å². The van der Waals surface area contributed by atoms with Crippen molar-refractivity contribution in [2.75, 3.05) is 11.1 Å². The zero-order valence-electron chi connectivity index (χ0n) is 11.4. The third-order valence-electron chi connectivity index (χ3n) is 3.04. The molecule has 0 unspecified atom stereocenters. The Hall–Kier alpha value is -3.15. The fourth-order valence-corrected chi connectivity index (χ4v) is 1.89. The van der Waals surface area contributed by atoms with Gasteiger partial charge in [-0.05, 0) is 36.4 Å². The van der Waals surface area contributed by atoms with Crippen LogP contribution in [-0.2, 0) is 0 Å². The van der Waals surface area contributed by atoms with Gasteiger partial charge >= 0.3 is 6.01 Å². The Morgan fingerprint density at radius 2 is 1.77 bits per heavy atom. The molecule has 1 aromatic heterocycles. The molecule has 3 N–H and O–H groups in total. The average Bonchev–Trinajstić information content (AvgIpc) is 2.97. The minimum atomic E-state index is -0.425. The largest absolute Gasteiger partial charge is 0.431 e. The molecular weight excluding hydrogens is 285 g/mol. The molecule has 2 aromatic carbocycles. The van der Waals surface area contributed by atoms with Gasteiger partial charge < -0.3 is 10.2 Å². The molecule has 0 saturated carbocycles. The van der Waals surface area contributed by atoms with Gasteiger partial charge in [0.15, 0.2) is 0 Å². The molecule has 5 nitrogen and oxygen atoms in total. The van der Waals surface area contributed by atoms with Crippen LogP contribution in [0.15, 0.2) is 59.2 Å². The lowest BCUT2D eigenvalue weighted by Crippen LogP contribution is -2.11. The van der Waals surface area contributed by atoms with Crippen LogP contribution in [0.1, 0.15) is 10.4 Å². The lowest BCUT2D eigenvalue weighted by molar-refractivity contribution is 0.102. The number of amides is 1. The number of rotatable bonds is 3. The van der Waals surface area contributed by atoms with Crippen LogP contribution in [0.4, 0.5) is 16.1 Å². The number of nitrogens with one attached hydrogen (secondary N) is 1. The van der Waals surface area contributed by atoms with Crippen LogP contribution in [0, 0.1) is 5.82 Å². The highest BCUT2D eigenvalue weighted by molar-refractivity contribution is 6.03. The fourth-order valence-electron chi connectivity index (χ4n) is 1.89. The third-order valence-corrected chi connectivity index (χ3v) is 3.04. The number of nitrogens with zero attached hydrogens (tertiary/aromatic N) is 1. The van der Waals surface area contributed by atoms with Gasteiger partial charge in [-0.25, -0.2) is 4.39 Å². The summed E-state index contributed by atoms with van der Waals surface area (Å²) in [6.07, 6.45) is 1.44. The number of nitrogens with two attached hydrogens (primary N) is 1. The number of hydrogen-bond acceptors (Lipinski definition) is 4. The minimum Gasteiger partial charge on any atom is -0.431 e. The number of hydrogen-bond donors (Lipinski definition) is 2. The summed E-state index contributed by atoms with van der Waals surface area (Å²) >= 11 is 0. The number of nitrogen functional groups attached to an aromatic ring is 1. The van der Waals surface area contributed by atoms with Crippen molar-refractivity contribution in [1.82, 2.24) is 4.98 Å². The van der Waals surface area contributed by atoms with Crippen molar-refractivity contribution >= 4 is 17.6 Å². The van der Waals surface area contributed by atoms with Crippen molar-refractivity contribution in [3.8, 4) is 11.3 Å². The van der Waals surface area contributed by atoms with E-state index < -0.39 is 11.7 Å². The van der Waals surface area contributed by atoms with Crippen molar-refractivity contribution in [1.29, 1.82) is 0 Å². The van der Waals surface area contributed by atoms with E-state index in [-0.39, 0.29) is 6.01 Å². The second-order valence-corrected chi connectivity index (χ2v) is 4.62. The lowest BCUT2D eigenvalue weighted by Gasteiger charge is -2.00. The van der Waals surface area contributed by atoms with Crippen LogP contribution in [0.5, 0.6) is 0 Å². The van der Waals surface area contributed by atoms with Crippen LogP contribution < -0.4 is 11.1 Å². The lowest BCUT2D eigenvalue weighted by atomic mass is 10.1. The van der Waals surface area contributed by atoms with E-state index in [2.05, 4.69) is 10.3 Å². The first-order valence-electron chi connectivity index (χ1n) is 6.50. The number of aromatic nitrogens is 1. The van der Waals surface area contributed by atoms with Gasteiger partial charge in [0.25, 0.3) is 5.91 Å². The van der Waals surface area contributed by atoms with Crippen LogP contribution >= 0.6 is 0 Å². The van der Waals surface area contributed by atoms with Crippen molar-refractivity contribution in [2.45, 2.75) is 0 Å². The molecule has 0 bridgehead atoms. The first-order valence-corrected chi connectivity index (χ1v) is 6.50. The van der Waals surface area contributed by atoms with E-state index in [4.69, 9.17) is 10.2 Å². The standard InChI is InChI=1S/C16H12FN3O2/c17-12-5-1-11(2-6-12)15(21)20-16-19-14(9-22-16)10-3-7-13(18)8-4-10/h1-9H,18H2,(H,19,20,21). The summed E-state index contributed by atoms with van der Waals surface area (Å²) in [6, 6.07) is 12.4. The molecule has 0 saturated heterocycles. The van der Waals surface area contributed by atoms with E-state index in [0.29, 0.717) is 16.9 Å². The number of anilines is 2. The van der Waals surface area contributed by atoms with Crippen molar-refractivity contribution in [3.63, 3.8) is 0 Å². The Morgan fingerprint density at radius 1 is 1.09 bits per heavy atom. The summed E-state index contributed by atoms with van der Waals surface area (Å²) < 4.78 is 18.0. The highest BCUT2D eigenvalue weighted by Crippen LogP contribution is 2.22. The Kier molecular flexibility index (Phi) is 3.57. The maximum atomic E-state index is 12.8. The average molecular weight is 297 g/mol. The molecule has 0 radical (unpaired) electrons. The van der Waals surface area contributed by atoms with E-state index >= 15 is 0 Å². The molecule has 0 aliphatic carbocycles. The van der Waals surface area contributed by atoms with Crippen LogP contribution in [0.25, 0.3) is 11.3 Å². The van der Waals surface area contributed by atoms with E-state index in [0.717, 1.165) is 5.56 Å². The molecule has 1 amide bonds. The predicted octanol–water partition coefficient (Wildman–Crippen LogP) is 3.32. The smallest absolute Gasteiger partial charge is 0.302 e. The second-order valence-electron chi connectivity index (χ2n) is 4.62. The van der Waals surface area contributed by atoms with E-state index in [1.807, 2.05) is 0 Å². The monoisotopic (exact) mass is 297 g/mol. The van der Waals surface area contributed by atoms with Crippen LogP contribution in [0.2, 0.25) is 0 Å². The number of halogens is 1. The van der Waals surface area contributed by atoms with Gasteiger partial charge in [0.1, 0.15) is 17.8 Å². The van der Waals surface area contributed by atoms with Crippen molar-refractivity contribution in [2.24, 2.45) is 0 Å². The zero-order chi connectivity index (χ0) is 15.5. The summed E-state index contributed by atoms with van der Waals surface area (Å²) in [5.41, 5.74) is 7.98. The quantitative estimate of drug-likeness (QED) is 0.727. The molecule has 110 valence electrons. The molecule has 0 atom stereocenters. The van der Waals surface area contributed by atoms with Gasteiger partial charge in [-0.2, -0.15) is 4.98 Å². The normalized spacial score (nSPS) is 10.4. The van der Waals surface area contributed by atoms with E-state index in [1.165, 1.54) is 30.5 Å². The molecule has 0 fully saturated rings. The Bertz CT molecular complexity index is 795. The maximum Gasteiger partial charge on any atom is 0.302 e. The topological polar surface area (TPSA) is 81.1 Å². The van der Waals surface area contributed by atoms with Gasteiger partial charge in [-0.1, -0.05) is 12.1 Å². The first-order chi connectivity index (χ1) is 10.6. The Balaban J connectivity index is 1.75. The molecule has 0 aliphatic heterocycles. The summed E-state index contributed by atoms with van der Waals surface area (Å²) in [5, 5.41) is 2.52. The number of carbonyl (C=O) groups excluding carboxylic acids is 1. The van der Waals surface area contributed by atoms with Crippen LogP contribution in [-0.4, -0.2) is 10.9 Å². The highest BCUT2D eigenvalue weighted by Gasteiger charge is 2.11. The summed E-state index contributed by atoms with van der Waals surface area (Å²) in [4.78, 5) is 16.1. The zero-order valence-corrected chi connectivity index (χ0v) is 11.4. The molecule has 3 rings (SSSR count). The third kappa shape index (κ3) is 2.95. The predicted molar refractivity (Wildman–Crippen MR) is 80.7 cm³/mol. The molecule has 1 heterocycles. The fraction of sp³-hybridized carbons (Fsp3) is 0. The van der Waals surface area contributed by atoms with E-state index in [1.54, 1.807) is 24.3 Å². The second kappa shape index (κ2) is 5.69. The van der Waals surface area contributed by atoms with Gasteiger partial charge in [-0.3, -0.25) is 10.1 Å². The highest BCUT2D eigenvalue weighted by atomic mass is 19.1.